The first-order valence-corrected chi connectivity index (χ1v) is 9.69. The second-order valence-electron chi connectivity index (χ2n) is 9.04. The normalized spacial score (nSPS) is 13.0. The van der Waals surface area contributed by atoms with E-state index in [0.717, 1.165) is 23.1 Å². The molecule has 0 aromatic heterocycles. The van der Waals surface area contributed by atoms with Gasteiger partial charge < -0.3 is 14.6 Å². The fourth-order valence-electron chi connectivity index (χ4n) is 2.75. The molecule has 0 fully saturated rings. The first-order valence-electron chi connectivity index (χ1n) is 9.69. The molecule has 1 aromatic carbocycles. The van der Waals surface area contributed by atoms with E-state index in [1.165, 1.54) is 0 Å². The van der Waals surface area contributed by atoms with Crippen molar-refractivity contribution >= 4 is 12.0 Å². The lowest BCUT2D eigenvalue weighted by Crippen LogP contribution is -2.17. The van der Waals surface area contributed by atoms with Gasteiger partial charge in [0.2, 0.25) is 0 Å². The molecule has 0 saturated heterocycles. The predicted molar refractivity (Wildman–Crippen MR) is 111 cm³/mol. The fourth-order valence-corrected chi connectivity index (χ4v) is 2.75. The summed E-state index contributed by atoms with van der Waals surface area (Å²) in [5.74, 6) is -0.0155. The van der Waals surface area contributed by atoms with Crippen LogP contribution in [0.25, 0.3) is 6.08 Å². The summed E-state index contributed by atoms with van der Waals surface area (Å²) in [6, 6.07) is 3.90. The van der Waals surface area contributed by atoms with Crippen LogP contribution >= 0.6 is 0 Å². The van der Waals surface area contributed by atoms with Crippen molar-refractivity contribution in [2.45, 2.75) is 72.6 Å². The molecule has 27 heavy (non-hydrogen) atoms. The van der Waals surface area contributed by atoms with Crippen LogP contribution in [0.5, 0.6) is 5.75 Å². The Hall–Kier alpha value is -1.81. The number of phenols is 1. The first kappa shape index (κ1) is 23.2. The smallest absolute Gasteiger partial charge is 0.333 e. The van der Waals surface area contributed by atoms with Gasteiger partial charge in [-0.2, -0.15) is 0 Å². The topological polar surface area (TPSA) is 55.8 Å². The highest BCUT2D eigenvalue weighted by Crippen LogP contribution is 2.40. The first-order chi connectivity index (χ1) is 12.4. The SMILES string of the molecule is CCCOCCOC(=O)C(C)=Cc1cc(C(C)(C)C)c(O)c(C(C)(C)C)c1. The zero-order valence-electron chi connectivity index (χ0n) is 18.2. The number of esters is 1. The molecule has 152 valence electrons. The maximum absolute atomic E-state index is 12.2. The second kappa shape index (κ2) is 9.41. The molecule has 0 spiro atoms. The molecule has 0 heterocycles. The monoisotopic (exact) mass is 376 g/mol. The van der Waals surface area contributed by atoms with E-state index < -0.39 is 0 Å². The van der Waals surface area contributed by atoms with Crippen LogP contribution in [0.1, 0.15) is 78.5 Å². The van der Waals surface area contributed by atoms with Crippen LogP contribution in [0.2, 0.25) is 0 Å². The Labute approximate surface area is 164 Å². The van der Waals surface area contributed by atoms with Crippen LogP contribution in [0.15, 0.2) is 17.7 Å². The minimum Gasteiger partial charge on any atom is -0.507 e. The number of phenolic OH excluding ortho intramolecular Hbond substituents is 1. The molecule has 0 aliphatic rings. The Bertz CT molecular complexity index is 638. The van der Waals surface area contributed by atoms with E-state index >= 15 is 0 Å². The average molecular weight is 377 g/mol. The summed E-state index contributed by atoms with van der Waals surface area (Å²) in [5, 5.41) is 10.8. The van der Waals surface area contributed by atoms with Gasteiger partial charge in [-0.3, -0.25) is 0 Å². The van der Waals surface area contributed by atoms with Gasteiger partial charge in [0.15, 0.2) is 0 Å². The van der Waals surface area contributed by atoms with Crippen molar-refractivity contribution in [3.05, 3.63) is 34.4 Å². The van der Waals surface area contributed by atoms with E-state index in [1.54, 1.807) is 6.92 Å². The van der Waals surface area contributed by atoms with E-state index in [0.29, 0.717) is 24.5 Å². The Kier molecular flexibility index (Phi) is 8.09. The number of hydrogen-bond donors (Lipinski definition) is 1. The summed E-state index contributed by atoms with van der Waals surface area (Å²) >= 11 is 0. The van der Waals surface area contributed by atoms with Gasteiger partial charge in [-0.05, 0) is 47.9 Å². The molecule has 4 nitrogen and oxygen atoms in total. The van der Waals surface area contributed by atoms with E-state index in [1.807, 2.05) is 25.1 Å². The molecular weight excluding hydrogens is 340 g/mol. The number of ether oxygens (including phenoxy) is 2. The third-order valence-electron chi connectivity index (χ3n) is 4.26. The van der Waals surface area contributed by atoms with Crippen molar-refractivity contribution < 1.29 is 19.4 Å². The van der Waals surface area contributed by atoms with Crippen LogP contribution in [-0.4, -0.2) is 30.9 Å². The number of benzene rings is 1. The maximum Gasteiger partial charge on any atom is 0.333 e. The molecule has 1 rings (SSSR count). The highest BCUT2D eigenvalue weighted by Gasteiger charge is 2.26. The lowest BCUT2D eigenvalue weighted by Gasteiger charge is -2.28. The molecule has 0 aliphatic heterocycles. The van der Waals surface area contributed by atoms with E-state index in [4.69, 9.17) is 9.47 Å². The minimum absolute atomic E-state index is 0.209. The van der Waals surface area contributed by atoms with Crippen molar-refractivity contribution in [1.29, 1.82) is 0 Å². The highest BCUT2D eigenvalue weighted by molar-refractivity contribution is 5.93. The predicted octanol–water partition coefficient (Wildman–Crippen LogP) is 5.36. The Morgan fingerprint density at radius 2 is 1.52 bits per heavy atom. The van der Waals surface area contributed by atoms with Crippen molar-refractivity contribution in [1.82, 2.24) is 0 Å². The standard InChI is InChI=1S/C23H36O4/c1-9-10-26-11-12-27-21(25)16(2)13-17-14-18(22(3,4)5)20(24)19(15-17)23(6,7)8/h13-15,24H,9-12H2,1-8H3. The maximum atomic E-state index is 12.2. The van der Waals surface area contributed by atoms with Gasteiger partial charge in [0.1, 0.15) is 12.4 Å². The molecule has 0 bridgehead atoms. The molecular formula is C23H36O4. The van der Waals surface area contributed by atoms with Crippen LogP contribution in [0.4, 0.5) is 0 Å². The summed E-state index contributed by atoms with van der Waals surface area (Å²) in [7, 11) is 0. The van der Waals surface area contributed by atoms with E-state index in [-0.39, 0.29) is 23.4 Å². The zero-order chi connectivity index (χ0) is 20.8. The zero-order valence-corrected chi connectivity index (χ0v) is 18.2. The van der Waals surface area contributed by atoms with Gasteiger partial charge in [0.05, 0.1) is 6.61 Å². The number of rotatable bonds is 7. The number of carbonyl (C=O) groups excluding carboxylic acids is 1. The summed E-state index contributed by atoms with van der Waals surface area (Å²) in [6.45, 7) is 17.5. The molecule has 4 heteroatoms. The van der Waals surface area contributed by atoms with Crippen LogP contribution < -0.4 is 0 Å². The number of carbonyl (C=O) groups is 1. The number of aromatic hydroxyl groups is 1. The Morgan fingerprint density at radius 3 is 1.96 bits per heavy atom. The van der Waals surface area contributed by atoms with Crippen molar-refractivity contribution in [3.8, 4) is 5.75 Å². The third kappa shape index (κ3) is 7.02. The minimum atomic E-state index is -0.349. The van der Waals surface area contributed by atoms with Gasteiger partial charge in [-0.25, -0.2) is 4.79 Å². The molecule has 1 aromatic rings. The lowest BCUT2D eigenvalue weighted by atomic mass is 9.78. The summed E-state index contributed by atoms with van der Waals surface area (Å²) in [6.07, 6.45) is 2.76. The van der Waals surface area contributed by atoms with Gasteiger partial charge in [-0.1, -0.05) is 48.5 Å². The van der Waals surface area contributed by atoms with Gasteiger partial charge in [-0.15, -0.1) is 0 Å². The van der Waals surface area contributed by atoms with Crippen molar-refractivity contribution in [2.24, 2.45) is 0 Å². The van der Waals surface area contributed by atoms with Crippen LogP contribution in [0, 0.1) is 0 Å². The number of hydrogen-bond acceptors (Lipinski definition) is 4. The Balaban J connectivity index is 3.11. The van der Waals surface area contributed by atoms with E-state index in [9.17, 15) is 9.90 Å². The quantitative estimate of drug-likeness (QED) is 0.395. The van der Waals surface area contributed by atoms with Gasteiger partial charge in [0, 0.05) is 23.3 Å². The lowest BCUT2D eigenvalue weighted by molar-refractivity contribution is -0.140. The highest BCUT2D eigenvalue weighted by atomic mass is 16.6. The molecule has 0 atom stereocenters. The van der Waals surface area contributed by atoms with E-state index in [2.05, 4.69) is 41.5 Å². The molecule has 0 amide bonds. The molecule has 1 N–H and O–H groups in total. The average Bonchev–Trinajstić information content (AvgIpc) is 2.53. The fraction of sp³-hybridized carbons (Fsp3) is 0.609. The van der Waals surface area contributed by atoms with Crippen molar-refractivity contribution in [3.63, 3.8) is 0 Å². The van der Waals surface area contributed by atoms with Crippen molar-refractivity contribution in [2.75, 3.05) is 19.8 Å². The van der Waals surface area contributed by atoms with Gasteiger partial charge >= 0.3 is 5.97 Å². The molecule has 0 unspecified atom stereocenters. The largest absolute Gasteiger partial charge is 0.507 e. The van der Waals surface area contributed by atoms with Crippen LogP contribution in [-0.2, 0) is 25.1 Å². The second-order valence-corrected chi connectivity index (χ2v) is 9.04. The van der Waals surface area contributed by atoms with Crippen LogP contribution in [0.3, 0.4) is 0 Å². The summed E-state index contributed by atoms with van der Waals surface area (Å²) in [4.78, 5) is 12.2. The molecule has 0 radical (unpaired) electrons. The van der Waals surface area contributed by atoms with Gasteiger partial charge in [0.25, 0.3) is 0 Å². The Morgan fingerprint density at radius 1 is 1.00 bits per heavy atom. The third-order valence-corrected chi connectivity index (χ3v) is 4.26. The molecule has 0 aliphatic carbocycles. The molecule has 0 saturated carbocycles. The summed E-state index contributed by atoms with van der Waals surface area (Å²) < 4.78 is 10.6. The summed E-state index contributed by atoms with van der Waals surface area (Å²) in [5.41, 5.74) is 2.73.